The second kappa shape index (κ2) is 6.73. The van der Waals surface area contributed by atoms with Gasteiger partial charge < -0.3 is 14.6 Å². The summed E-state index contributed by atoms with van der Waals surface area (Å²) in [6.45, 7) is 5.77. The predicted molar refractivity (Wildman–Crippen MR) is 95.3 cm³/mol. The number of benzene rings is 1. The van der Waals surface area contributed by atoms with Crippen LogP contribution >= 0.6 is 11.8 Å². The van der Waals surface area contributed by atoms with Crippen molar-refractivity contribution in [3.05, 3.63) is 53.0 Å². The Morgan fingerprint density at radius 2 is 2.00 bits per heavy atom. The first-order valence-electron chi connectivity index (χ1n) is 7.79. The maximum Gasteiger partial charge on any atom is 0.290 e. The lowest BCUT2D eigenvalue weighted by Crippen LogP contribution is -2.44. The second-order valence-electron chi connectivity index (χ2n) is 5.94. The van der Waals surface area contributed by atoms with Gasteiger partial charge in [-0.1, -0.05) is 12.1 Å². The lowest BCUT2D eigenvalue weighted by Gasteiger charge is -2.22. The first-order chi connectivity index (χ1) is 11.5. The first kappa shape index (κ1) is 16.6. The zero-order valence-corrected chi connectivity index (χ0v) is 14.8. The molecule has 1 fully saturated rings. The number of nitrogens with zero attached hydrogens (tertiary/aromatic N) is 1. The summed E-state index contributed by atoms with van der Waals surface area (Å²) in [5.41, 5.74) is 2.95. The van der Waals surface area contributed by atoms with E-state index in [4.69, 9.17) is 4.42 Å². The van der Waals surface area contributed by atoms with Gasteiger partial charge in [-0.15, -0.1) is 11.8 Å². The topological polar surface area (TPSA) is 62.6 Å². The van der Waals surface area contributed by atoms with Crippen LogP contribution in [0.5, 0.6) is 0 Å². The first-order valence-corrected chi connectivity index (χ1v) is 8.95. The zero-order valence-electron chi connectivity index (χ0n) is 14.0. The Bertz CT molecular complexity index is 784. The highest BCUT2D eigenvalue weighted by molar-refractivity contribution is 7.99. The number of anilines is 1. The zero-order chi connectivity index (χ0) is 17.3. The highest BCUT2D eigenvalue weighted by Crippen LogP contribution is 2.26. The molecule has 126 valence electrons. The van der Waals surface area contributed by atoms with Gasteiger partial charge in [0.15, 0.2) is 5.76 Å². The molecule has 1 aromatic heterocycles. The molecule has 1 saturated heterocycles. The van der Waals surface area contributed by atoms with Gasteiger partial charge in [-0.05, 0) is 50.1 Å². The van der Waals surface area contributed by atoms with Gasteiger partial charge in [0.2, 0.25) is 5.91 Å². The second-order valence-corrected chi connectivity index (χ2v) is 6.94. The fourth-order valence-corrected chi connectivity index (χ4v) is 3.81. The van der Waals surface area contributed by atoms with Crippen LogP contribution in [0.25, 0.3) is 0 Å². The number of nitrogens with one attached hydrogen (secondary N) is 1. The molecule has 0 spiro atoms. The van der Waals surface area contributed by atoms with E-state index >= 15 is 0 Å². The van der Waals surface area contributed by atoms with Crippen molar-refractivity contribution in [1.29, 1.82) is 0 Å². The molecule has 2 heterocycles. The molecule has 0 saturated carbocycles. The van der Waals surface area contributed by atoms with Crippen LogP contribution in [0.15, 0.2) is 34.7 Å². The molecule has 5 nitrogen and oxygen atoms in total. The van der Waals surface area contributed by atoms with Gasteiger partial charge in [-0.3, -0.25) is 9.59 Å². The Morgan fingerprint density at radius 1 is 1.21 bits per heavy atom. The molecule has 1 unspecified atom stereocenters. The molecule has 2 amide bonds. The summed E-state index contributed by atoms with van der Waals surface area (Å²) >= 11 is 1.57. The van der Waals surface area contributed by atoms with Crippen LogP contribution in [0, 0.1) is 20.8 Å². The molecular formula is C18H20N2O3S. The number of rotatable bonds is 3. The van der Waals surface area contributed by atoms with Crippen LogP contribution in [0.4, 0.5) is 5.69 Å². The van der Waals surface area contributed by atoms with E-state index in [0.29, 0.717) is 17.4 Å². The van der Waals surface area contributed by atoms with Crippen molar-refractivity contribution in [1.82, 2.24) is 4.90 Å². The van der Waals surface area contributed by atoms with E-state index in [1.54, 1.807) is 35.7 Å². The minimum absolute atomic E-state index is 0.162. The highest BCUT2D eigenvalue weighted by Gasteiger charge is 2.36. The number of amides is 2. The van der Waals surface area contributed by atoms with E-state index in [-0.39, 0.29) is 17.6 Å². The van der Waals surface area contributed by atoms with Gasteiger partial charge in [0.05, 0.1) is 5.88 Å². The van der Waals surface area contributed by atoms with Gasteiger partial charge in [0.1, 0.15) is 11.8 Å². The molecule has 0 bridgehead atoms. The third-order valence-corrected chi connectivity index (χ3v) is 5.27. The van der Waals surface area contributed by atoms with Crippen molar-refractivity contribution < 1.29 is 14.0 Å². The summed E-state index contributed by atoms with van der Waals surface area (Å²) in [4.78, 5) is 26.8. The molecule has 1 aliphatic rings. The Hall–Kier alpha value is -2.21. The van der Waals surface area contributed by atoms with E-state index in [0.717, 1.165) is 16.8 Å². The number of aryl methyl sites for hydroxylation is 2. The Kier molecular flexibility index (Phi) is 4.66. The molecular weight excluding hydrogens is 324 g/mol. The SMILES string of the molecule is Cc1ccc(C(=O)N2CSCC2C(=O)Nc2cccc(C)c2C)o1. The maximum atomic E-state index is 12.7. The fourth-order valence-electron chi connectivity index (χ4n) is 2.65. The Morgan fingerprint density at radius 3 is 2.71 bits per heavy atom. The molecule has 1 aliphatic heterocycles. The lowest BCUT2D eigenvalue weighted by atomic mass is 10.1. The quantitative estimate of drug-likeness (QED) is 0.927. The molecule has 6 heteroatoms. The van der Waals surface area contributed by atoms with E-state index < -0.39 is 6.04 Å². The van der Waals surface area contributed by atoms with Gasteiger partial charge in [0, 0.05) is 11.4 Å². The predicted octanol–water partition coefficient (Wildman–Crippen LogP) is 3.36. The van der Waals surface area contributed by atoms with Gasteiger partial charge >= 0.3 is 0 Å². The van der Waals surface area contributed by atoms with E-state index in [2.05, 4.69) is 5.32 Å². The van der Waals surface area contributed by atoms with Gasteiger partial charge in [0.25, 0.3) is 5.91 Å². The number of furan rings is 1. The van der Waals surface area contributed by atoms with Crippen LogP contribution < -0.4 is 5.32 Å². The van der Waals surface area contributed by atoms with Crippen molar-refractivity contribution in [3.8, 4) is 0 Å². The van der Waals surface area contributed by atoms with E-state index in [1.165, 1.54) is 0 Å². The van der Waals surface area contributed by atoms with Crippen molar-refractivity contribution >= 4 is 29.3 Å². The van der Waals surface area contributed by atoms with Crippen LogP contribution in [0.2, 0.25) is 0 Å². The van der Waals surface area contributed by atoms with Crippen LogP contribution in [0.3, 0.4) is 0 Å². The maximum absolute atomic E-state index is 12.7. The van der Waals surface area contributed by atoms with E-state index in [9.17, 15) is 9.59 Å². The molecule has 1 aromatic carbocycles. The summed E-state index contributed by atoms with van der Waals surface area (Å²) in [6.07, 6.45) is 0. The molecule has 3 rings (SSSR count). The van der Waals surface area contributed by atoms with Crippen LogP contribution in [-0.4, -0.2) is 34.4 Å². The van der Waals surface area contributed by atoms with Crippen LogP contribution in [-0.2, 0) is 4.79 Å². The monoisotopic (exact) mass is 344 g/mol. The van der Waals surface area contributed by atoms with Crippen molar-refractivity contribution in [2.75, 3.05) is 16.9 Å². The summed E-state index contributed by atoms with van der Waals surface area (Å²) in [7, 11) is 0. The average molecular weight is 344 g/mol. The summed E-state index contributed by atoms with van der Waals surface area (Å²) in [5.74, 6) is 1.63. The molecule has 0 aliphatic carbocycles. The number of thioether (sulfide) groups is 1. The van der Waals surface area contributed by atoms with Crippen molar-refractivity contribution in [2.45, 2.75) is 26.8 Å². The molecule has 24 heavy (non-hydrogen) atoms. The highest BCUT2D eigenvalue weighted by atomic mass is 32.2. The standard InChI is InChI=1S/C18H20N2O3S/c1-11-5-4-6-14(13(11)3)19-17(21)15-9-24-10-20(15)18(22)16-8-7-12(2)23-16/h4-8,15H,9-10H2,1-3H3,(H,19,21). The minimum Gasteiger partial charge on any atom is -0.456 e. The fraction of sp³-hybridized carbons (Fsp3) is 0.333. The summed E-state index contributed by atoms with van der Waals surface area (Å²) < 4.78 is 5.41. The van der Waals surface area contributed by atoms with E-state index in [1.807, 2.05) is 32.0 Å². The summed E-state index contributed by atoms with van der Waals surface area (Å²) in [5, 5.41) is 2.96. The molecule has 0 radical (unpaired) electrons. The minimum atomic E-state index is -0.493. The van der Waals surface area contributed by atoms with Crippen molar-refractivity contribution in [2.24, 2.45) is 0 Å². The number of carbonyl (C=O) groups is 2. The van der Waals surface area contributed by atoms with Crippen molar-refractivity contribution in [3.63, 3.8) is 0 Å². The van der Waals surface area contributed by atoms with Gasteiger partial charge in [-0.25, -0.2) is 0 Å². The average Bonchev–Trinajstić information content (AvgIpc) is 3.20. The Balaban J connectivity index is 1.76. The molecule has 2 aromatic rings. The number of carbonyl (C=O) groups excluding carboxylic acids is 2. The third-order valence-electron chi connectivity index (χ3n) is 4.26. The third kappa shape index (κ3) is 3.19. The number of hydrogen-bond acceptors (Lipinski definition) is 4. The largest absolute Gasteiger partial charge is 0.456 e. The van der Waals surface area contributed by atoms with Crippen LogP contribution in [0.1, 0.15) is 27.4 Å². The Labute approximate surface area is 145 Å². The summed E-state index contributed by atoms with van der Waals surface area (Å²) in [6, 6.07) is 8.71. The molecule has 1 atom stereocenters. The normalized spacial score (nSPS) is 17.1. The smallest absolute Gasteiger partial charge is 0.290 e. The number of hydrogen-bond donors (Lipinski definition) is 1. The lowest BCUT2D eigenvalue weighted by molar-refractivity contribution is -0.119. The van der Waals surface area contributed by atoms with Gasteiger partial charge in [-0.2, -0.15) is 0 Å². The molecule has 1 N–H and O–H groups in total.